The van der Waals surface area contributed by atoms with E-state index in [4.69, 9.17) is 5.11 Å². The summed E-state index contributed by atoms with van der Waals surface area (Å²) in [6.07, 6.45) is 1.90. The monoisotopic (exact) mass is 378 g/mol. The van der Waals surface area contributed by atoms with Gasteiger partial charge in [-0.3, -0.25) is 4.79 Å². The summed E-state index contributed by atoms with van der Waals surface area (Å²) in [5, 5.41) is 8.91. The molecule has 0 fully saturated rings. The third-order valence-corrected chi connectivity index (χ3v) is 3.99. The van der Waals surface area contributed by atoms with E-state index in [1.807, 2.05) is 30.7 Å². The van der Waals surface area contributed by atoms with Crippen LogP contribution in [0, 0.1) is 0 Å². The fraction of sp³-hybridized carbons (Fsp3) is 0.294. The average Bonchev–Trinajstić information content (AvgIpc) is 2.89. The maximum atomic E-state index is 12.7. The first-order chi connectivity index (χ1) is 10.8. The molecule has 2 rings (SSSR count). The van der Waals surface area contributed by atoms with Gasteiger partial charge in [0.25, 0.3) is 5.91 Å². The zero-order chi connectivity index (χ0) is 17.1. The second-order valence-electron chi connectivity index (χ2n) is 5.71. The van der Waals surface area contributed by atoms with Crippen molar-refractivity contribution < 1.29 is 14.7 Å². The molecule has 1 aromatic heterocycles. The van der Waals surface area contributed by atoms with E-state index >= 15 is 0 Å². The van der Waals surface area contributed by atoms with Gasteiger partial charge in [0.05, 0.1) is 5.56 Å². The molecule has 0 spiro atoms. The van der Waals surface area contributed by atoms with E-state index in [0.717, 1.165) is 10.0 Å². The van der Waals surface area contributed by atoms with Crippen LogP contribution in [0.15, 0.2) is 41.0 Å². The third-order valence-electron chi connectivity index (χ3n) is 3.56. The van der Waals surface area contributed by atoms with Crippen LogP contribution in [0.2, 0.25) is 0 Å². The van der Waals surface area contributed by atoms with Crippen molar-refractivity contribution in [2.75, 3.05) is 7.05 Å². The van der Waals surface area contributed by atoms with Gasteiger partial charge in [-0.15, -0.1) is 0 Å². The van der Waals surface area contributed by atoms with Gasteiger partial charge in [0.1, 0.15) is 5.69 Å². The number of benzene rings is 1. The lowest BCUT2D eigenvalue weighted by atomic mass is 10.1. The minimum atomic E-state index is -0.958. The van der Waals surface area contributed by atoms with Crippen LogP contribution in [-0.4, -0.2) is 33.5 Å². The Kier molecular flexibility index (Phi) is 5.26. The first-order valence-electron chi connectivity index (χ1n) is 7.24. The summed E-state index contributed by atoms with van der Waals surface area (Å²) in [5.41, 5.74) is 1.74. The van der Waals surface area contributed by atoms with Crippen molar-refractivity contribution >= 4 is 27.8 Å². The summed E-state index contributed by atoms with van der Waals surface area (Å²) in [7, 11) is 1.74. The molecule has 0 unspecified atom stereocenters. The molecule has 0 radical (unpaired) electrons. The van der Waals surface area contributed by atoms with Gasteiger partial charge in [0.15, 0.2) is 0 Å². The van der Waals surface area contributed by atoms with Crippen LogP contribution in [0.5, 0.6) is 0 Å². The number of carbonyl (C=O) groups is 2. The Morgan fingerprint density at radius 2 is 1.87 bits per heavy atom. The van der Waals surface area contributed by atoms with E-state index in [2.05, 4.69) is 15.9 Å². The standard InChI is InChI=1S/C17H19BrN2O3/c1-11(2)20-10-14(18)8-15(20)16(21)19(3)9-12-4-6-13(7-5-12)17(22)23/h4-8,10-11H,9H2,1-3H3,(H,22,23). The molecule has 0 atom stereocenters. The second-order valence-corrected chi connectivity index (χ2v) is 6.62. The molecule has 0 saturated heterocycles. The molecule has 1 aromatic carbocycles. The third kappa shape index (κ3) is 4.01. The van der Waals surface area contributed by atoms with Crippen molar-refractivity contribution in [2.24, 2.45) is 0 Å². The summed E-state index contributed by atoms with van der Waals surface area (Å²) >= 11 is 3.41. The second kappa shape index (κ2) is 7.00. The quantitative estimate of drug-likeness (QED) is 0.860. The Bertz CT molecular complexity index is 720. The molecule has 6 heteroatoms. The van der Waals surface area contributed by atoms with Crippen molar-refractivity contribution in [3.63, 3.8) is 0 Å². The smallest absolute Gasteiger partial charge is 0.335 e. The number of amides is 1. The number of nitrogens with zero attached hydrogens (tertiary/aromatic N) is 2. The summed E-state index contributed by atoms with van der Waals surface area (Å²) in [6.45, 7) is 4.46. The molecule has 1 N–H and O–H groups in total. The van der Waals surface area contributed by atoms with Crippen molar-refractivity contribution in [3.05, 3.63) is 57.8 Å². The molecule has 0 aliphatic rings. The first kappa shape index (κ1) is 17.3. The molecular formula is C17H19BrN2O3. The summed E-state index contributed by atoms with van der Waals surface area (Å²) in [6, 6.07) is 8.54. The van der Waals surface area contributed by atoms with Crippen LogP contribution in [0.1, 0.15) is 46.3 Å². The lowest BCUT2D eigenvalue weighted by Crippen LogP contribution is -2.28. The van der Waals surface area contributed by atoms with Crippen molar-refractivity contribution in [1.82, 2.24) is 9.47 Å². The number of rotatable bonds is 5. The molecule has 1 heterocycles. The van der Waals surface area contributed by atoms with Gasteiger partial charge in [-0.25, -0.2) is 4.79 Å². The molecule has 0 aliphatic heterocycles. The topological polar surface area (TPSA) is 62.5 Å². The molecule has 5 nitrogen and oxygen atoms in total. The minimum Gasteiger partial charge on any atom is -0.478 e. The first-order valence-corrected chi connectivity index (χ1v) is 8.04. The van der Waals surface area contributed by atoms with Crippen molar-refractivity contribution in [3.8, 4) is 0 Å². The van der Waals surface area contributed by atoms with Crippen LogP contribution in [-0.2, 0) is 6.54 Å². The molecule has 0 aliphatic carbocycles. The Balaban J connectivity index is 2.15. The number of halogens is 1. The highest BCUT2D eigenvalue weighted by atomic mass is 79.9. The number of carboxylic acids is 1. The molecule has 1 amide bonds. The number of carbonyl (C=O) groups excluding carboxylic acids is 1. The van der Waals surface area contributed by atoms with E-state index in [1.165, 1.54) is 0 Å². The molecule has 0 saturated carbocycles. The zero-order valence-electron chi connectivity index (χ0n) is 13.3. The highest BCUT2D eigenvalue weighted by Crippen LogP contribution is 2.21. The summed E-state index contributed by atoms with van der Waals surface area (Å²) < 4.78 is 2.80. The van der Waals surface area contributed by atoms with Gasteiger partial charge in [0, 0.05) is 30.3 Å². The van der Waals surface area contributed by atoms with E-state index in [1.54, 1.807) is 36.2 Å². The Hall–Kier alpha value is -2.08. The van der Waals surface area contributed by atoms with Crippen molar-refractivity contribution in [1.29, 1.82) is 0 Å². The van der Waals surface area contributed by atoms with Crippen molar-refractivity contribution in [2.45, 2.75) is 26.4 Å². The van der Waals surface area contributed by atoms with E-state index in [-0.39, 0.29) is 17.5 Å². The highest BCUT2D eigenvalue weighted by molar-refractivity contribution is 9.10. The van der Waals surface area contributed by atoms with Crippen LogP contribution in [0.4, 0.5) is 0 Å². The lowest BCUT2D eigenvalue weighted by Gasteiger charge is -2.20. The van der Waals surface area contributed by atoms with Crippen LogP contribution in [0.25, 0.3) is 0 Å². The van der Waals surface area contributed by atoms with Gasteiger partial charge in [-0.05, 0) is 53.5 Å². The maximum absolute atomic E-state index is 12.7. The van der Waals surface area contributed by atoms with Gasteiger partial charge >= 0.3 is 5.97 Å². The minimum absolute atomic E-state index is 0.0771. The highest BCUT2D eigenvalue weighted by Gasteiger charge is 2.19. The fourth-order valence-corrected chi connectivity index (χ4v) is 2.78. The predicted molar refractivity (Wildman–Crippen MR) is 91.7 cm³/mol. The number of carboxylic acid groups (broad SMARTS) is 1. The van der Waals surface area contributed by atoms with Gasteiger partial charge in [-0.1, -0.05) is 12.1 Å². The summed E-state index contributed by atoms with van der Waals surface area (Å²) in [4.78, 5) is 25.1. The van der Waals surface area contributed by atoms with E-state index in [9.17, 15) is 9.59 Å². The molecule has 23 heavy (non-hydrogen) atoms. The normalized spacial score (nSPS) is 10.8. The fourth-order valence-electron chi connectivity index (χ4n) is 2.34. The Morgan fingerprint density at radius 1 is 1.26 bits per heavy atom. The summed E-state index contributed by atoms with van der Waals surface area (Å²) in [5.74, 6) is -1.03. The van der Waals surface area contributed by atoms with Gasteiger partial charge in [-0.2, -0.15) is 0 Å². The predicted octanol–water partition coefficient (Wildman–Crippen LogP) is 3.80. The maximum Gasteiger partial charge on any atom is 0.335 e. The molecule has 122 valence electrons. The van der Waals surface area contributed by atoms with Crippen LogP contribution in [0.3, 0.4) is 0 Å². The number of aromatic nitrogens is 1. The van der Waals surface area contributed by atoms with E-state index in [0.29, 0.717) is 12.2 Å². The zero-order valence-corrected chi connectivity index (χ0v) is 14.9. The molecular weight excluding hydrogens is 360 g/mol. The molecule has 2 aromatic rings. The van der Waals surface area contributed by atoms with Crippen LogP contribution >= 0.6 is 15.9 Å². The number of hydrogen-bond acceptors (Lipinski definition) is 2. The average molecular weight is 379 g/mol. The number of hydrogen-bond donors (Lipinski definition) is 1. The Labute approximate surface area is 143 Å². The van der Waals surface area contributed by atoms with Crippen LogP contribution < -0.4 is 0 Å². The Morgan fingerprint density at radius 3 is 2.39 bits per heavy atom. The lowest BCUT2D eigenvalue weighted by molar-refractivity contribution is 0.0695. The van der Waals surface area contributed by atoms with Gasteiger partial charge < -0.3 is 14.6 Å². The SMILES string of the molecule is CC(C)n1cc(Br)cc1C(=O)N(C)Cc1ccc(C(=O)O)cc1. The molecule has 0 bridgehead atoms. The largest absolute Gasteiger partial charge is 0.478 e. The van der Waals surface area contributed by atoms with E-state index < -0.39 is 5.97 Å². The van der Waals surface area contributed by atoms with Gasteiger partial charge in [0.2, 0.25) is 0 Å². The number of aromatic carboxylic acids is 1.